The second kappa shape index (κ2) is 3.13. The van der Waals surface area contributed by atoms with E-state index < -0.39 is 0 Å². The Kier molecular flexibility index (Phi) is 1.84. The Morgan fingerprint density at radius 2 is 1.65 bits per heavy atom. The summed E-state index contributed by atoms with van der Waals surface area (Å²) in [6.07, 6.45) is 0.724. The second-order valence-electron chi connectivity index (χ2n) is 4.08. The van der Waals surface area contributed by atoms with Crippen molar-refractivity contribution in [2.45, 2.75) is 13.8 Å². The van der Waals surface area contributed by atoms with E-state index in [2.05, 4.69) is 0 Å². The Labute approximate surface area is 96.4 Å². The number of phenolic OH excluding ortho intramolecular Hbond substituents is 1. The van der Waals surface area contributed by atoms with E-state index in [0.29, 0.717) is 39.0 Å². The summed E-state index contributed by atoms with van der Waals surface area (Å²) >= 11 is 0. The van der Waals surface area contributed by atoms with E-state index in [4.69, 9.17) is 8.83 Å². The van der Waals surface area contributed by atoms with Crippen LogP contribution in [0.4, 0.5) is 0 Å². The highest BCUT2D eigenvalue weighted by Gasteiger charge is 2.19. The molecule has 0 fully saturated rings. The summed E-state index contributed by atoms with van der Waals surface area (Å²) in [6.45, 7) is 3.53. The van der Waals surface area contributed by atoms with Crippen molar-refractivity contribution in [3.8, 4) is 5.75 Å². The number of carbonyl (C=O) groups is 1. The molecule has 0 amide bonds. The number of aromatic hydroxyl groups is 1. The molecule has 1 N–H and O–H groups in total. The molecule has 0 aliphatic heterocycles. The summed E-state index contributed by atoms with van der Waals surface area (Å²) in [4.78, 5) is 11.2. The van der Waals surface area contributed by atoms with E-state index in [9.17, 15) is 9.90 Å². The van der Waals surface area contributed by atoms with Crippen molar-refractivity contribution in [2.75, 3.05) is 0 Å². The predicted molar refractivity (Wildman–Crippen MR) is 62.5 cm³/mol. The molecule has 2 aromatic heterocycles. The molecular weight excluding hydrogens is 220 g/mol. The fourth-order valence-corrected chi connectivity index (χ4v) is 2.14. The minimum atomic E-state index is 0.0190. The molecule has 3 rings (SSSR count). The second-order valence-corrected chi connectivity index (χ2v) is 4.08. The van der Waals surface area contributed by atoms with Crippen LogP contribution in [0.2, 0.25) is 0 Å². The normalized spacial score (nSPS) is 11.4. The average Bonchev–Trinajstić information content (AvgIpc) is 2.83. The van der Waals surface area contributed by atoms with Gasteiger partial charge in [0.25, 0.3) is 0 Å². The van der Waals surface area contributed by atoms with Gasteiger partial charge in [-0.15, -0.1) is 0 Å². The standard InChI is InChI=1S/C13H10O4/c1-6-3-8-10(5-14)12-9(4-7(2)16-12)11(15)13(8)17-6/h3-5,15H,1-2H3. The van der Waals surface area contributed by atoms with Crippen LogP contribution in [0.15, 0.2) is 21.0 Å². The number of phenols is 1. The highest BCUT2D eigenvalue weighted by molar-refractivity contribution is 6.13. The van der Waals surface area contributed by atoms with Crippen LogP contribution in [0.5, 0.6) is 5.75 Å². The Morgan fingerprint density at radius 3 is 2.29 bits per heavy atom. The number of fused-ring (bicyclic) bond motifs is 2. The van der Waals surface area contributed by atoms with Gasteiger partial charge in [0.2, 0.25) is 0 Å². The van der Waals surface area contributed by atoms with Crippen molar-refractivity contribution in [3.05, 3.63) is 29.2 Å². The summed E-state index contributed by atoms with van der Waals surface area (Å²) in [7, 11) is 0. The molecule has 0 spiro atoms. The van der Waals surface area contributed by atoms with Gasteiger partial charge in [0, 0.05) is 5.39 Å². The summed E-state index contributed by atoms with van der Waals surface area (Å²) in [5.41, 5.74) is 1.15. The number of rotatable bonds is 1. The predicted octanol–water partition coefficient (Wildman–Crippen LogP) is 3.31. The lowest BCUT2D eigenvalue weighted by atomic mass is 10.1. The van der Waals surface area contributed by atoms with Crippen molar-refractivity contribution in [2.24, 2.45) is 0 Å². The maximum atomic E-state index is 11.2. The molecule has 0 saturated carbocycles. The van der Waals surface area contributed by atoms with E-state index in [1.54, 1.807) is 26.0 Å². The molecular formula is C13H10O4. The van der Waals surface area contributed by atoms with Crippen LogP contribution < -0.4 is 0 Å². The molecule has 2 heterocycles. The Balaban J connectivity index is 2.65. The lowest BCUT2D eigenvalue weighted by molar-refractivity contribution is 0.112. The van der Waals surface area contributed by atoms with Gasteiger partial charge < -0.3 is 13.9 Å². The van der Waals surface area contributed by atoms with Gasteiger partial charge in [0.05, 0.1) is 10.9 Å². The van der Waals surface area contributed by atoms with E-state index in [1.165, 1.54) is 0 Å². The van der Waals surface area contributed by atoms with Crippen molar-refractivity contribution in [1.82, 2.24) is 0 Å². The lowest BCUT2D eigenvalue weighted by Gasteiger charge is -1.99. The van der Waals surface area contributed by atoms with Crippen LogP contribution >= 0.6 is 0 Å². The summed E-state index contributed by atoms with van der Waals surface area (Å²) in [6, 6.07) is 3.41. The first-order chi connectivity index (χ1) is 8.11. The number of aryl methyl sites for hydroxylation is 2. The van der Waals surface area contributed by atoms with Crippen LogP contribution in [0, 0.1) is 13.8 Å². The minimum Gasteiger partial charge on any atom is -0.504 e. The van der Waals surface area contributed by atoms with Crippen LogP contribution in [0.25, 0.3) is 21.9 Å². The monoisotopic (exact) mass is 230 g/mol. The van der Waals surface area contributed by atoms with E-state index >= 15 is 0 Å². The largest absolute Gasteiger partial charge is 0.504 e. The van der Waals surface area contributed by atoms with Gasteiger partial charge in [-0.05, 0) is 26.0 Å². The molecule has 86 valence electrons. The van der Waals surface area contributed by atoms with Gasteiger partial charge in [0.15, 0.2) is 17.6 Å². The first-order valence-corrected chi connectivity index (χ1v) is 5.22. The summed E-state index contributed by atoms with van der Waals surface area (Å²) < 4.78 is 10.9. The first kappa shape index (κ1) is 9.96. The Bertz CT molecular complexity index is 688. The van der Waals surface area contributed by atoms with Crippen LogP contribution in [-0.2, 0) is 0 Å². The average molecular weight is 230 g/mol. The van der Waals surface area contributed by atoms with Crippen molar-refractivity contribution < 1.29 is 18.7 Å². The van der Waals surface area contributed by atoms with Crippen molar-refractivity contribution in [3.63, 3.8) is 0 Å². The quantitative estimate of drug-likeness (QED) is 0.651. The summed E-state index contributed by atoms with van der Waals surface area (Å²) in [5.74, 6) is 1.30. The molecule has 0 bridgehead atoms. The fraction of sp³-hybridized carbons (Fsp3) is 0.154. The van der Waals surface area contributed by atoms with E-state index in [-0.39, 0.29) is 5.75 Å². The molecule has 0 saturated heterocycles. The number of carbonyl (C=O) groups excluding carboxylic acids is 1. The summed E-state index contributed by atoms with van der Waals surface area (Å²) in [5, 5.41) is 11.2. The maximum Gasteiger partial charge on any atom is 0.177 e. The Hall–Kier alpha value is -2.23. The van der Waals surface area contributed by atoms with Crippen molar-refractivity contribution in [1.29, 1.82) is 0 Å². The Morgan fingerprint density at radius 1 is 1.06 bits per heavy atom. The van der Waals surface area contributed by atoms with Gasteiger partial charge in [-0.25, -0.2) is 0 Å². The molecule has 0 aliphatic rings. The molecule has 0 radical (unpaired) electrons. The van der Waals surface area contributed by atoms with Gasteiger partial charge in [-0.3, -0.25) is 4.79 Å². The highest BCUT2D eigenvalue weighted by atomic mass is 16.4. The van der Waals surface area contributed by atoms with E-state index in [0.717, 1.165) is 6.29 Å². The number of benzene rings is 1. The topological polar surface area (TPSA) is 63.6 Å². The third kappa shape index (κ3) is 1.21. The third-order valence-corrected chi connectivity index (χ3v) is 2.83. The van der Waals surface area contributed by atoms with Crippen LogP contribution in [0.3, 0.4) is 0 Å². The minimum absolute atomic E-state index is 0.0190. The molecule has 4 heteroatoms. The fourth-order valence-electron chi connectivity index (χ4n) is 2.14. The zero-order valence-corrected chi connectivity index (χ0v) is 9.40. The first-order valence-electron chi connectivity index (χ1n) is 5.22. The zero-order chi connectivity index (χ0) is 12.2. The molecule has 0 aliphatic carbocycles. The molecule has 1 aromatic carbocycles. The van der Waals surface area contributed by atoms with Crippen LogP contribution in [0.1, 0.15) is 21.9 Å². The molecule has 3 aromatic rings. The molecule has 0 unspecified atom stereocenters. The van der Waals surface area contributed by atoms with E-state index in [1.807, 2.05) is 0 Å². The van der Waals surface area contributed by atoms with Crippen LogP contribution in [-0.4, -0.2) is 11.4 Å². The van der Waals surface area contributed by atoms with Gasteiger partial charge >= 0.3 is 0 Å². The zero-order valence-electron chi connectivity index (χ0n) is 9.40. The van der Waals surface area contributed by atoms with Gasteiger partial charge in [-0.2, -0.15) is 0 Å². The smallest absolute Gasteiger partial charge is 0.177 e. The highest BCUT2D eigenvalue weighted by Crippen LogP contribution is 2.39. The SMILES string of the molecule is Cc1cc2c(C=O)c3oc(C)cc3c(O)c2o1. The maximum absolute atomic E-state index is 11.2. The molecule has 4 nitrogen and oxygen atoms in total. The lowest BCUT2D eigenvalue weighted by Crippen LogP contribution is -1.83. The van der Waals surface area contributed by atoms with Crippen molar-refractivity contribution >= 4 is 28.2 Å². The number of furan rings is 2. The van der Waals surface area contributed by atoms with Gasteiger partial charge in [-0.1, -0.05) is 0 Å². The molecule has 17 heavy (non-hydrogen) atoms. The number of aldehydes is 1. The third-order valence-electron chi connectivity index (χ3n) is 2.83. The van der Waals surface area contributed by atoms with Gasteiger partial charge in [0.1, 0.15) is 17.1 Å². The number of hydrogen-bond donors (Lipinski definition) is 1. The molecule has 0 atom stereocenters. The number of hydrogen-bond acceptors (Lipinski definition) is 4.